The van der Waals surface area contributed by atoms with Crippen molar-refractivity contribution >= 4 is 45.0 Å². The average molecular weight is 406 g/mol. The molecule has 0 aliphatic heterocycles. The van der Waals surface area contributed by atoms with Gasteiger partial charge in [-0.05, 0) is 58.1 Å². The second kappa shape index (κ2) is 9.21. The van der Waals surface area contributed by atoms with Gasteiger partial charge in [-0.25, -0.2) is 9.97 Å². The zero-order valence-corrected chi connectivity index (χ0v) is 17.6. The molecule has 27 heavy (non-hydrogen) atoms. The highest BCUT2D eigenvalue weighted by atomic mass is 35.5. The van der Waals surface area contributed by atoms with E-state index in [1.54, 1.807) is 22.4 Å². The van der Waals surface area contributed by atoms with Gasteiger partial charge in [-0.15, -0.1) is 12.4 Å². The number of benzene rings is 1. The van der Waals surface area contributed by atoms with Crippen LogP contribution in [0, 0.1) is 13.8 Å². The van der Waals surface area contributed by atoms with Crippen LogP contribution in [0.3, 0.4) is 0 Å². The topological polar surface area (TPSA) is 62.2 Å². The van der Waals surface area contributed by atoms with Crippen LogP contribution in [0.1, 0.15) is 28.0 Å². The predicted octanol–water partition coefficient (Wildman–Crippen LogP) is 3.72. The number of carbonyl (C=O) groups is 1. The van der Waals surface area contributed by atoms with E-state index in [1.807, 2.05) is 14.1 Å². The fourth-order valence-electron chi connectivity index (χ4n) is 2.71. The lowest BCUT2D eigenvalue weighted by Crippen LogP contribution is -2.34. The molecule has 0 unspecified atom stereocenters. The first-order valence-corrected chi connectivity index (χ1v) is 9.38. The lowest BCUT2D eigenvalue weighted by Gasteiger charge is -2.20. The number of carbonyl (C=O) groups excluding carboxylic acids is 1. The van der Waals surface area contributed by atoms with Crippen LogP contribution in [-0.4, -0.2) is 52.9 Å². The molecule has 2 aromatic heterocycles. The zero-order valence-electron chi connectivity index (χ0n) is 16.0. The highest BCUT2D eigenvalue weighted by molar-refractivity contribution is 7.22. The summed E-state index contributed by atoms with van der Waals surface area (Å²) in [5, 5.41) is 0.711. The van der Waals surface area contributed by atoms with Crippen molar-refractivity contribution in [3.8, 4) is 0 Å². The number of aryl methyl sites for hydroxylation is 2. The number of aromatic nitrogens is 3. The van der Waals surface area contributed by atoms with Crippen molar-refractivity contribution < 1.29 is 4.79 Å². The Labute approximate surface area is 169 Å². The van der Waals surface area contributed by atoms with Crippen LogP contribution in [0.5, 0.6) is 0 Å². The molecular weight excluding hydrogens is 382 g/mol. The van der Waals surface area contributed by atoms with Crippen LogP contribution < -0.4 is 4.90 Å². The lowest BCUT2D eigenvalue weighted by molar-refractivity contribution is 0.0981. The summed E-state index contributed by atoms with van der Waals surface area (Å²) in [7, 11) is 4.05. The van der Waals surface area contributed by atoms with Crippen LogP contribution in [0.4, 0.5) is 5.13 Å². The number of hydrogen-bond donors (Lipinski definition) is 0. The molecule has 0 atom stereocenters. The van der Waals surface area contributed by atoms with E-state index in [1.165, 1.54) is 18.0 Å². The quantitative estimate of drug-likeness (QED) is 0.625. The molecule has 0 aliphatic rings. The predicted molar refractivity (Wildman–Crippen MR) is 113 cm³/mol. The van der Waals surface area contributed by atoms with Gasteiger partial charge in [0.2, 0.25) is 0 Å². The molecule has 0 spiro atoms. The maximum absolute atomic E-state index is 13.0. The first-order valence-electron chi connectivity index (χ1n) is 8.56. The molecule has 6 nitrogen and oxygen atoms in total. The van der Waals surface area contributed by atoms with Gasteiger partial charge in [0.25, 0.3) is 5.91 Å². The number of thiazole rings is 1. The zero-order chi connectivity index (χ0) is 18.7. The lowest BCUT2D eigenvalue weighted by atomic mass is 10.1. The Balaban J connectivity index is 0.00000261. The normalized spacial score (nSPS) is 10.9. The number of amides is 1. The summed E-state index contributed by atoms with van der Waals surface area (Å²) in [6.45, 7) is 5.63. The number of fused-ring (bicyclic) bond motifs is 1. The molecule has 3 rings (SSSR count). The van der Waals surface area contributed by atoms with Crippen molar-refractivity contribution in [1.82, 2.24) is 19.9 Å². The Morgan fingerprint density at radius 3 is 2.59 bits per heavy atom. The summed E-state index contributed by atoms with van der Waals surface area (Å²) in [5.41, 5.74) is 3.66. The SMILES string of the molecule is Cc1ccc2sc(N(CCCN(C)C)C(=O)c3cnccn3)nc2c1C.Cl. The highest BCUT2D eigenvalue weighted by Gasteiger charge is 2.22. The van der Waals surface area contributed by atoms with Crippen molar-refractivity contribution in [2.75, 3.05) is 32.1 Å². The molecule has 0 saturated heterocycles. The maximum atomic E-state index is 13.0. The van der Waals surface area contributed by atoms with Crippen LogP contribution in [-0.2, 0) is 0 Å². The first-order chi connectivity index (χ1) is 12.5. The summed E-state index contributed by atoms with van der Waals surface area (Å²) in [4.78, 5) is 29.8. The third-order valence-electron chi connectivity index (χ3n) is 4.32. The third kappa shape index (κ3) is 4.80. The van der Waals surface area contributed by atoms with Crippen molar-refractivity contribution in [3.63, 3.8) is 0 Å². The molecule has 0 N–H and O–H groups in total. The molecule has 0 aliphatic carbocycles. The van der Waals surface area contributed by atoms with Crippen LogP contribution in [0.15, 0.2) is 30.7 Å². The first kappa shape index (κ1) is 21.2. The minimum atomic E-state index is -0.162. The summed E-state index contributed by atoms with van der Waals surface area (Å²) >= 11 is 1.54. The Morgan fingerprint density at radius 2 is 1.93 bits per heavy atom. The van der Waals surface area contributed by atoms with E-state index in [0.29, 0.717) is 17.4 Å². The number of halogens is 1. The number of nitrogens with zero attached hydrogens (tertiary/aromatic N) is 5. The molecular formula is C19H24ClN5OS. The van der Waals surface area contributed by atoms with Gasteiger partial charge in [0.15, 0.2) is 5.13 Å². The van der Waals surface area contributed by atoms with E-state index in [9.17, 15) is 4.79 Å². The molecule has 144 valence electrons. The molecule has 1 aromatic carbocycles. The van der Waals surface area contributed by atoms with Gasteiger partial charge in [0.05, 0.1) is 16.4 Å². The van der Waals surface area contributed by atoms with E-state index in [2.05, 4.69) is 40.8 Å². The molecule has 3 aromatic rings. The van der Waals surface area contributed by atoms with E-state index < -0.39 is 0 Å². The summed E-state index contributed by atoms with van der Waals surface area (Å²) < 4.78 is 1.09. The minimum absolute atomic E-state index is 0. The van der Waals surface area contributed by atoms with Crippen LogP contribution >= 0.6 is 23.7 Å². The number of hydrogen-bond acceptors (Lipinski definition) is 6. The number of anilines is 1. The largest absolute Gasteiger partial charge is 0.309 e. The fourth-order valence-corrected chi connectivity index (χ4v) is 3.76. The summed E-state index contributed by atoms with van der Waals surface area (Å²) in [6.07, 6.45) is 5.46. The van der Waals surface area contributed by atoms with Gasteiger partial charge in [-0.3, -0.25) is 14.7 Å². The molecule has 1 amide bonds. The molecule has 0 saturated carbocycles. The van der Waals surface area contributed by atoms with Gasteiger partial charge in [0.1, 0.15) is 5.69 Å². The average Bonchev–Trinajstić information content (AvgIpc) is 3.06. The highest BCUT2D eigenvalue weighted by Crippen LogP contribution is 2.32. The van der Waals surface area contributed by atoms with Gasteiger partial charge in [-0.2, -0.15) is 0 Å². The number of rotatable bonds is 6. The van der Waals surface area contributed by atoms with Crippen LogP contribution in [0.2, 0.25) is 0 Å². The Bertz CT molecular complexity index is 913. The second-order valence-electron chi connectivity index (χ2n) is 6.55. The summed E-state index contributed by atoms with van der Waals surface area (Å²) in [6, 6.07) is 4.17. The molecule has 0 bridgehead atoms. The van der Waals surface area contributed by atoms with E-state index >= 15 is 0 Å². The van der Waals surface area contributed by atoms with Gasteiger partial charge >= 0.3 is 0 Å². The molecule has 0 radical (unpaired) electrons. The van der Waals surface area contributed by atoms with Crippen molar-refractivity contribution in [1.29, 1.82) is 0 Å². The molecule has 2 heterocycles. The smallest absolute Gasteiger partial charge is 0.280 e. The molecule has 8 heteroatoms. The summed E-state index contributed by atoms with van der Waals surface area (Å²) in [5.74, 6) is -0.162. The Hall–Kier alpha value is -2.09. The molecule has 0 fully saturated rings. The van der Waals surface area contributed by atoms with Gasteiger partial charge < -0.3 is 4.90 Å². The monoisotopic (exact) mass is 405 g/mol. The van der Waals surface area contributed by atoms with Crippen molar-refractivity contribution in [3.05, 3.63) is 47.5 Å². The van der Waals surface area contributed by atoms with Gasteiger partial charge in [0, 0.05) is 18.9 Å². The third-order valence-corrected chi connectivity index (χ3v) is 5.36. The minimum Gasteiger partial charge on any atom is -0.309 e. The van der Waals surface area contributed by atoms with E-state index in [-0.39, 0.29) is 18.3 Å². The van der Waals surface area contributed by atoms with E-state index in [0.717, 1.165) is 28.7 Å². The van der Waals surface area contributed by atoms with Crippen molar-refractivity contribution in [2.45, 2.75) is 20.3 Å². The van der Waals surface area contributed by atoms with Crippen LogP contribution in [0.25, 0.3) is 10.2 Å². The second-order valence-corrected chi connectivity index (χ2v) is 7.56. The fraction of sp³-hybridized carbons (Fsp3) is 0.368. The Kier molecular flexibility index (Phi) is 7.24. The maximum Gasteiger partial charge on any atom is 0.280 e. The van der Waals surface area contributed by atoms with Gasteiger partial charge in [-0.1, -0.05) is 17.4 Å². The Morgan fingerprint density at radius 1 is 1.15 bits per heavy atom. The standard InChI is InChI=1S/C19H23N5OS.ClH/c1-13-6-7-16-17(14(13)2)22-19(26-16)24(11-5-10-23(3)4)18(25)15-12-20-8-9-21-15;/h6-9,12H,5,10-11H2,1-4H3;1H. The van der Waals surface area contributed by atoms with E-state index in [4.69, 9.17) is 4.98 Å². The van der Waals surface area contributed by atoms with Crippen molar-refractivity contribution in [2.24, 2.45) is 0 Å².